The summed E-state index contributed by atoms with van der Waals surface area (Å²) in [6.45, 7) is 2.40. The van der Waals surface area contributed by atoms with Crippen LogP contribution in [0.25, 0.3) is 16.9 Å². The number of amides is 2. The van der Waals surface area contributed by atoms with E-state index in [4.69, 9.17) is 4.74 Å². The van der Waals surface area contributed by atoms with Crippen molar-refractivity contribution in [2.45, 2.75) is 6.92 Å². The number of carbonyl (C=O) groups is 2. The van der Waals surface area contributed by atoms with Gasteiger partial charge in [0.1, 0.15) is 18.1 Å². The molecule has 0 radical (unpaired) electrons. The molecule has 0 bridgehead atoms. The van der Waals surface area contributed by atoms with Gasteiger partial charge in [0.25, 0.3) is 5.91 Å². The molecule has 39 heavy (non-hydrogen) atoms. The standard InChI is InChI=1S/C30H32FN5O3/c1-21-13-14-24(18-26(21)31)36-19-27(22-9-6-5-7-10-22)32-30(36)33-28(37)20-35(16-15-34(2)3)29(38)23-11-8-12-25(17-23)39-4/h5-14,17-19H,15-16,20H2,1-4H3,(H,32,33,37). The Morgan fingerprint density at radius 3 is 2.46 bits per heavy atom. The molecule has 0 unspecified atom stereocenters. The SMILES string of the molecule is COc1cccc(C(=O)N(CCN(C)C)CC(=O)Nc2nc(-c3ccccc3)cn2-c2ccc(C)c(F)c2)c1. The summed E-state index contributed by atoms with van der Waals surface area (Å²) < 4.78 is 21.3. The van der Waals surface area contributed by atoms with Gasteiger partial charge in [0.15, 0.2) is 0 Å². The Kier molecular flexibility index (Phi) is 8.73. The monoisotopic (exact) mass is 529 g/mol. The third-order valence-electron chi connectivity index (χ3n) is 6.22. The molecule has 8 nitrogen and oxygen atoms in total. The van der Waals surface area contributed by atoms with E-state index in [9.17, 15) is 14.0 Å². The van der Waals surface area contributed by atoms with Crippen LogP contribution in [0.3, 0.4) is 0 Å². The van der Waals surface area contributed by atoms with Crippen LogP contribution >= 0.6 is 0 Å². The summed E-state index contributed by atoms with van der Waals surface area (Å²) in [5, 5.41) is 2.84. The van der Waals surface area contributed by atoms with Crippen LogP contribution in [0.15, 0.2) is 79.0 Å². The van der Waals surface area contributed by atoms with Crippen LogP contribution in [0.2, 0.25) is 0 Å². The molecule has 0 fully saturated rings. The van der Waals surface area contributed by atoms with Gasteiger partial charge >= 0.3 is 0 Å². The summed E-state index contributed by atoms with van der Waals surface area (Å²) in [6.07, 6.45) is 1.75. The van der Waals surface area contributed by atoms with Gasteiger partial charge in [-0.25, -0.2) is 9.37 Å². The van der Waals surface area contributed by atoms with Gasteiger partial charge < -0.3 is 14.5 Å². The first-order valence-corrected chi connectivity index (χ1v) is 12.5. The molecule has 202 valence electrons. The maximum absolute atomic E-state index is 14.4. The molecule has 1 heterocycles. The molecule has 0 aliphatic heterocycles. The zero-order chi connectivity index (χ0) is 27.9. The first kappa shape index (κ1) is 27.5. The Morgan fingerprint density at radius 2 is 1.77 bits per heavy atom. The van der Waals surface area contributed by atoms with Crippen molar-refractivity contribution in [2.75, 3.05) is 46.2 Å². The number of aromatic nitrogens is 2. The number of methoxy groups -OCH3 is 1. The lowest BCUT2D eigenvalue weighted by atomic mass is 10.2. The number of nitrogens with zero attached hydrogens (tertiary/aromatic N) is 4. The van der Waals surface area contributed by atoms with Gasteiger partial charge in [-0.15, -0.1) is 0 Å². The summed E-state index contributed by atoms with van der Waals surface area (Å²) >= 11 is 0. The van der Waals surface area contributed by atoms with E-state index in [0.717, 1.165) is 5.56 Å². The number of imidazole rings is 1. The summed E-state index contributed by atoms with van der Waals surface area (Å²) in [6, 6.07) is 21.2. The first-order valence-electron chi connectivity index (χ1n) is 12.5. The van der Waals surface area contributed by atoms with Crippen molar-refractivity contribution in [1.29, 1.82) is 0 Å². The van der Waals surface area contributed by atoms with Crippen LogP contribution in [0.5, 0.6) is 5.75 Å². The minimum absolute atomic E-state index is 0.195. The topological polar surface area (TPSA) is 79.7 Å². The average molecular weight is 530 g/mol. The van der Waals surface area contributed by atoms with E-state index in [-0.39, 0.29) is 24.2 Å². The minimum Gasteiger partial charge on any atom is -0.497 e. The van der Waals surface area contributed by atoms with E-state index in [1.807, 2.05) is 49.3 Å². The normalized spacial score (nSPS) is 10.9. The van der Waals surface area contributed by atoms with E-state index >= 15 is 0 Å². The van der Waals surface area contributed by atoms with Gasteiger partial charge in [-0.1, -0.05) is 42.5 Å². The van der Waals surface area contributed by atoms with Gasteiger partial charge in [0.05, 0.1) is 18.5 Å². The highest BCUT2D eigenvalue weighted by molar-refractivity contribution is 5.99. The smallest absolute Gasteiger partial charge is 0.254 e. The highest BCUT2D eigenvalue weighted by Gasteiger charge is 2.22. The molecule has 0 aliphatic carbocycles. The van der Waals surface area contributed by atoms with Crippen molar-refractivity contribution in [3.8, 4) is 22.7 Å². The van der Waals surface area contributed by atoms with Crippen molar-refractivity contribution >= 4 is 17.8 Å². The number of hydrogen-bond donors (Lipinski definition) is 1. The summed E-state index contributed by atoms with van der Waals surface area (Å²) in [7, 11) is 5.33. The lowest BCUT2D eigenvalue weighted by Gasteiger charge is -2.24. The molecule has 0 spiro atoms. The number of benzene rings is 3. The van der Waals surface area contributed by atoms with Crippen LogP contribution in [0, 0.1) is 12.7 Å². The van der Waals surface area contributed by atoms with Gasteiger partial charge in [-0.05, 0) is 56.9 Å². The highest BCUT2D eigenvalue weighted by atomic mass is 19.1. The fraction of sp³-hybridized carbons (Fsp3) is 0.233. The predicted molar refractivity (Wildman–Crippen MR) is 150 cm³/mol. The second kappa shape index (κ2) is 12.4. The zero-order valence-corrected chi connectivity index (χ0v) is 22.5. The Hall–Kier alpha value is -4.50. The number of rotatable bonds is 10. The summed E-state index contributed by atoms with van der Waals surface area (Å²) in [5.41, 5.74) is 2.91. The number of anilines is 1. The van der Waals surface area contributed by atoms with E-state index in [2.05, 4.69) is 10.3 Å². The fourth-order valence-corrected chi connectivity index (χ4v) is 3.99. The Labute approximate surface area is 227 Å². The number of hydrogen-bond acceptors (Lipinski definition) is 5. The molecule has 1 N–H and O–H groups in total. The third-order valence-corrected chi connectivity index (χ3v) is 6.22. The molecule has 0 atom stereocenters. The van der Waals surface area contributed by atoms with Gasteiger partial charge in [-0.2, -0.15) is 0 Å². The number of aryl methyl sites for hydroxylation is 1. The molecular formula is C30H32FN5O3. The van der Waals surface area contributed by atoms with E-state index in [1.165, 1.54) is 18.1 Å². The van der Waals surface area contributed by atoms with Crippen molar-refractivity contribution in [1.82, 2.24) is 19.4 Å². The average Bonchev–Trinajstić information content (AvgIpc) is 3.36. The van der Waals surface area contributed by atoms with E-state index < -0.39 is 5.91 Å². The van der Waals surface area contributed by atoms with E-state index in [0.29, 0.717) is 41.3 Å². The molecule has 4 rings (SSSR count). The Balaban J connectivity index is 1.62. The third kappa shape index (κ3) is 6.88. The maximum atomic E-state index is 14.4. The predicted octanol–water partition coefficient (Wildman–Crippen LogP) is 4.64. The number of carbonyl (C=O) groups excluding carboxylic acids is 2. The van der Waals surface area contributed by atoms with Crippen LogP contribution in [0.4, 0.5) is 10.3 Å². The number of likely N-dealkylation sites (N-methyl/N-ethyl adjacent to an activating group) is 1. The zero-order valence-electron chi connectivity index (χ0n) is 22.5. The van der Waals surface area contributed by atoms with Crippen molar-refractivity contribution in [3.63, 3.8) is 0 Å². The quantitative estimate of drug-likeness (QED) is 0.324. The molecule has 0 aliphatic rings. The Bertz CT molecular complexity index is 1450. The number of ether oxygens (including phenoxy) is 1. The molecular weight excluding hydrogens is 497 g/mol. The summed E-state index contributed by atoms with van der Waals surface area (Å²) in [5.74, 6) is -0.301. The maximum Gasteiger partial charge on any atom is 0.254 e. The van der Waals surface area contributed by atoms with Crippen LogP contribution in [-0.2, 0) is 4.79 Å². The number of halogens is 1. The first-order chi connectivity index (χ1) is 18.7. The van der Waals surface area contributed by atoms with Crippen molar-refractivity contribution in [2.24, 2.45) is 0 Å². The largest absolute Gasteiger partial charge is 0.497 e. The minimum atomic E-state index is -0.427. The molecule has 9 heteroatoms. The highest BCUT2D eigenvalue weighted by Crippen LogP contribution is 2.25. The summed E-state index contributed by atoms with van der Waals surface area (Å²) in [4.78, 5) is 34.7. The van der Waals surface area contributed by atoms with Gasteiger partial charge in [0, 0.05) is 30.4 Å². The molecule has 4 aromatic rings. The molecule has 2 amide bonds. The molecule has 0 saturated heterocycles. The van der Waals surface area contributed by atoms with Crippen LogP contribution in [-0.4, -0.2) is 72.0 Å². The molecule has 3 aromatic carbocycles. The Morgan fingerprint density at radius 1 is 1.00 bits per heavy atom. The van der Waals surface area contributed by atoms with Crippen LogP contribution in [0.1, 0.15) is 15.9 Å². The molecule has 0 saturated carbocycles. The van der Waals surface area contributed by atoms with Gasteiger partial charge in [0.2, 0.25) is 11.9 Å². The fourth-order valence-electron chi connectivity index (χ4n) is 3.99. The van der Waals surface area contributed by atoms with Crippen molar-refractivity contribution in [3.05, 3.63) is 95.9 Å². The lowest BCUT2D eigenvalue weighted by Crippen LogP contribution is -2.41. The van der Waals surface area contributed by atoms with Gasteiger partial charge in [-0.3, -0.25) is 19.5 Å². The van der Waals surface area contributed by atoms with Crippen LogP contribution < -0.4 is 10.1 Å². The molecule has 1 aromatic heterocycles. The van der Waals surface area contributed by atoms with Crippen molar-refractivity contribution < 1.29 is 18.7 Å². The lowest BCUT2D eigenvalue weighted by molar-refractivity contribution is -0.117. The number of nitrogens with one attached hydrogen (secondary N) is 1. The second-order valence-corrected chi connectivity index (χ2v) is 9.43. The van der Waals surface area contributed by atoms with E-state index in [1.54, 1.807) is 54.1 Å². The second-order valence-electron chi connectivity index (χ2n) is 9.43.